The highest BCUT2D eigenvalue weighted by Gasteiger charge is 2.27. The molecular formula is C18H21ClN2O3S2. The lowest BCUT2D eigenvalue weighted by Gasteiger charge is -2.25. The predicted octanol–water partition coefficient (Wildman–Crippen LogP) is 4.07. The molecule has 140 valence electrons. The second kappa shape index (κ2) is 8.08. The predicted molar refractivity (Wildman–Crippen MR) is 105 cm³/mol. The molecule has 8 heteroatoms. The molecule has 5 nitrogen and oxygen atoms in total. The van der Waals surface area contributed by atoms with Crippen LogP contribution in [0.15, 0.2) is 34.5 Å². The van der Waals surface area contributed by atoms with E-state index in [1.165, 1.54) is 0 Å². The lowest BCUT2D eigenvalue weighted by atomic mass is 10.2. The van der Waals surface area contributed by atoms with E-state index in [0.717, 1.165) is 41.0 Å². The highest BCUT2D eigenvalue weighted by Crippen LogP contribution is 2.27. The Morgan fingerprint density at radius 2 is 1.92 bits per heavy atom. The molecule has 3 rings (SSSR count). The van der Waals surface area contributed by atoms with Gasteiger partial charge in [-0.15, -0.1) is 11.3 Å². The molecule has 1 aliphatic heterocycles. The van der Waals surface area contributed by atoms with Gasteiger partial charge in [-0.25, -0.2) is 8.42 Å². The molecular weight excluding hydrogens is 392 g/mol. The number of amides is 1. The summed E-state index contributed by atoms with van der Waals surface area (Å²) in [5.41, 5.74) is 1.57. The molecule has 0 bridgehead atoms. The number of nitrogens with one attached hydrogen (secondary N) is 1. The Morgan fingerprint density at radius 1 is 1.19 bits per heavy atom. The topological polar surface area (TPSA) is 66.5 Å². The zero-order valence-electron chi connectivity index (χ0n) is 14.5. The van der Waals surface area contributed by atoms with Crippen LogP contribution in [0.3, 0.4) is 0 Å². The monoisotopic (exact) mass is 412 g/mol. The Labute approximate surface area is 163 Å². The SMILES string of the molecule is Cc1ccc(NC(=O)Cc2ccc(S(=O)(=O)N3CCCCC3)s2)cc1Cl. The average Bonchev–Trinajstić information content (AvgIpc) is 3.08. The molecule has 0 aliphatic carbocycles. The van der Waals surface area contributed by atoms with Crippen molar-refractivity contribution in [3.05, 3.63) is 45.8 Å². The second-order valence-electron chi connectivity index (χ2n) is 6.37. The van der Waals surface area contributed by atoms with Crippen LogP contribution in [0.25, 0.3) is 0 Å². The van der Waals surface area contributed by atoms with E-state index >= 15 is 0 Å². The number of hydrogen-bond donors (Lipinski definition) is 1. The Bertz CT molecular complexity index is 903. The first-order valence-electron chi connectivity index (χ1n) is 8.51. The van der Waals surface area contributed by atoms with E-state index in [1.54, 1.807) is 28.6 Å². The van der Waals surface area contributed by atoms with Crippen LogP contribution in [-0.2, 0) is 21.2 Å². The minimum absolute atomic E-state index is 0.131. The van der Waals surface area contributed by atoms with Gasteiger partial charge in [-0.1, -0.05) is 24.1 Å². The van der Waals surface area contributed by atoms with E-state index in [1.807, 2.05) is 13.0 Å². The Hall–Kier alpha value is -1.41. The summed E-state index contributed by atoms with van der Waals surface area (Å²) in [6.45, 7) is 3.04. The van der Waals surface area contributed by atoms with E-state index < -0.39 is 10.0 Å². The molecule has 0 spiro atoms. The van der Waals surface area contributed by atoms with Gasteiger partial charge in [0.15, 0.2) is 0 Å². The van der Waals surface area contributed by atoms with Crippen LogP contribution in [0.2, 0.25) is 5.02 Å². The molecule has 1 aliphatic rings. The van der Waals surface area contributed by atoms with Crippen LogP contribution < -0.4 is 5.32 Å². The molecule has 2 aromatic rings. The first-order chi connectivity index (χ1) is 12.4. The smallest absolute Gasteiger partial charge is 0.252 e. The van der Waals surface area contributed by atoms with Crippen molar-refractivity contribution in [2.24, 2.45) is 0 Å². The molecule has 0 saturated carbocycles. The Kier molecular flexibility index (Phi) is 6.02. The van der Waals surface area contributed by atoms with Gasteiger partial charge in [-0.3, -0.25) is 4.79 Å². The number of thiophene rings is 1. The zero-order chi connectivity index (χ0) is 18.7. The summed E-state index contributed by atoms with van der Waals surface area (Å²) >= 11 is 7.23. The fourth-order valence-electron chi connectivity index (χ4n) is 2.86. The van der Waals surface area contributed by atoms with E-state index in [2.05, 4.69) is 5.32 Å². The fraction of sp³-hybridized carbons (Fsp3) is 0.389. The number of carbonyl (C=O) groups is 1. The van der Waals surface area contributed by atoms with Crippen molar-refractivity contribution in [1.82, 2.24) is 4.31 Å². The van der Waals surface area contributed by atoms with Crippen molar-refractivity contribution >= 4 is 44.6 Å². The number of nitrogens with zero attached hydrogens (tertiary/aromatic N) is 1. The van der Waals surface area contributed by atoms with Crippen LogP contribution in [-0.4, -0.2) is 31.7 Å². The van der Waals surface area contributed by atoms with Crippen molar-refractivity contribution in [3.8, 4) is 0 Å². The van der Waals surface area contributed by atoms with Gasteiger partial charge in [-0.05, 0) is 49.6 Å². The number of piperidine rings is 1. The molecule has 2 heterocycles. The Morgan fingerprint density at radius 3 is 2.62 bits per heavy atom. The number of anilines is 1. The summed E-state index contributed by atoms with van der Waals surface area (Å²) in [7, 11) is -3.44. The lowest BCUT2D eigenvalue weighted by molar-refractivity contribution is -0.115. The van der Waals surface area contributed by atoms with Crippen LogP contribution in [0, 0.1) is 6.92 Å². The molecule has 1 aromatic carbocycles. The highest BCUT2D eigenvalue weighted by atomic mass is 35.5. The number of carbonyl (C=O) groups excluding carboxylic acids is 1. The maximum Gasteiger partial charge on any atom is 0.252 e. The summed E-state index contributed by atoms with van der Waals surface area (Å²) in [6, 6.07) is 8.64. The normalized spacial score (nSPS) is 15.8. The molecule has 26 heavy (non-hydrogen) atoms. The van der Waals surface area contributed by atoms with Crippen molar-refractivity contribution in [2.45, 2.75) is 36.8 Å². The highest BCUT2D eigenvalue weighted by molar-refractivity contribution is 7.91. The van der Waals surface area contributed by atoms with Gasteiger partial charge in [0, 0.05) is 28.7 Å². The van der Waals surface area contributed by atoms with Crippen LogP contribution in [0.5, 0.6) is 0 Å². The summed E-state index contributed by atoms with van der Waals surface area (Å²) < 4.78 is 27.2. The number of sulfonamides is 1. The van der Waals surface area contributed by atoms with E-state index in [-0.39, 0.29) is 12.3 Å². The number of aryl methyl sites for hydroxylation is 1. The van der Waals surface area contributed by atoms with Crippen molar-refractivity contribution in [2.75, 3.05) is 18.4 Å². The van der Waals surface area contributed by atoms with Gasteiger partial charge < -0.3 is 5.32 Å². The number of hydrogen-bond acceptors (Lipinski definition) is 4. The number of benzene rings is 1. The molecule has 0 unspecified atom stereocenters. The molecule has 1 aromatic heterocycles. The van der Waals surface area contributed by atoms with Crippen LogP contribution in [0.1, 0.15) is 29.7 Å². The van der Waals surface area contributed by atoms with Gasteiger partial charge in [0.2, 0.25) is 5.91 Å². The van der Waals surface area contributed by atoms with E-state index in [9.17, 15) is 13.2 Å². The first-order valence-corrected chi connectivity index (χ1v) is 11.1. The lowest BCUT2D eigenvalue weighted by Crippen LogP contribution is -2.35. The van der Waals surface area contributed by atoms with Gasteiger partial charge in [0.25, 0.3) is 10.0 Å². The van der Waals surface area contributed by atoms with Crippen LogP contribution in [0.4, 0.5) is 5.69 Å². The largest absolute Gasteiger partial charge is 0.326 e. The molecule has 1 amide bonds. The van der Waals surface area contributed by atoms with Gasteiger partial charge in [-0.2, -0.15) is 4.31 Å². The third-order valence-corrected chi connectivity index (χ3v) is 8.20. The molecule has 1 N–H and O–H groups in total. The summed E-state index contributed by atoms with van der Waals surface area (Å²) in [4.78, 5) is 13.0. The molecule has 0 atom stereocenters. The maximum absolute atomic E-state index is 12.7. The number of rotatable bonds is 5. The average molecular weight is 413 g/mol. The van der Waals surface area contributed by atoms with Crippen molar-refractivity contribution < 1.29 is 13.2 Å². The third kappa shape index (κ3) is 4.46. The Balaban J connectivity index is 1.65. The zero-order valence-corrected chi connectivity index (χ0v) is 16.9. The third-order valence-electron chi connectivity index (χ3n) is 4.34. The van der Waals surface area contributed by atoms with Crippen LogP contribution >= 0.6 is 22.9 Å². The minimum Gasteiger partial charge on any atom is -0.326 e. The van der Waals surface area contributed by atoms with E-state index in [0.29, 0.717) is 28.0 Å². The van der Waals surface area contributed by atoms with Crippen molar-refractivity contribution in [3.63, 3.8) is 0 Å². The summed E-state index contributed by atoms with van der Waals surface area (Å²) in [5.74, 6) is -0.200. The summed E-state index contributed by atoms with van der Waals surface area (Å²) in [6.07, 6.45) is 3.01. The van der Waals surface area contributed by atoms with E-state index in [4.69, 9.17) is 11.6 Å². The number of halogens is 1. The molecule has 0 radical (unpaired) electrons. The van der Waals surface area contributed by atoms with Gasteiger partial charge in [0.05, 0.1) is 6.42 Å². The first kappa shape index (κ1) is 19.4. The van der Waals surface area contributed by atoms with Gasteiger partial charge in [0.1, 0.15) is 4.21 Å². The second-order valence-corrected chi connectivity index (χ2v) is 10.1. The quantitative estimate of drug-likeness (QED) is 0.805. The van der Waals surface area contributed by atoms with Crippen molar-refractivity contribution in [1.29, 1.82) is 0 Å². The molecule has 1 fully saturated rings. The minimum atomic E-state index is -3.44. The summed E-state index contributed by atoms with van der Waals surface area (Å²) in [5, 5.41) is 3.38. The standard InChI is InChI=1S/C18H21ClN2O3S2/c1-13-5-6-14(11-16(13)19)20-17(22)12-15-7-8-18(25-15)26(23,24)21-9-3-2-4-10-21/h5-8,11H,2-4,9-10,12H2,1H3,(H,20,22). The maximum atomic E-state index is 12.7. The fourth-order valence-corrected chi connectivity index (χ4v) is 6.06. The molecule has 1 saturated heterocycles. The van der Waals surface area contributed by atoms with Gasteiger partial charge >= 0.3 is 0 Å².